The van der Waals surface area contributed by atoms with Gasteiger partial charge in [0.25, 0.3) is 0 Å². The molecular formula is C27H43NO4. The molecule has 0 bridgehead atoms. The molecule has 0 radical (unpaired) electrons. The number of rotatable bonds is 19. The van der Waals surface area contributed by atoms with Gasteiger partial charge in [0.1, 0.15) is 11.8 Å². The van der Waals surface area contributed by atoms with Crippen molar-refractivity contribution in [3.05, 3.63) is 42.0 Å². The first kappa shape index (κ1) is 27.7. The lowest BCUT2D eigenvalue weighted by molar-refractivity contribution is -0.141. The van der Waals surface area contributed by atoms with Crippen LogP contribution in [0.25, 0.3) is 0 Å². The van der Waals surface area contributed by atoms with Crippen LogP contribution in [0.4, 0.5) is 0 Å². The molecule has 1 unspecified atom stereocenters. The maximum atomic E-state index is 12.1. The van der Waals surface area contributed by atoms with E-state index in [9.17, 15) is 19.8 Å². The lowest BCUT2D eigenvalue weighted by atomic mass is 10.0. The maximum absolute atomic E-state index is 12.1. The fraction of sp³-hybridized carbons (Fsp3) is 0.630. The van der Waals surface area contributed by atoms with Crippen LogP contribution in [0.1, 0.15) is 102 Å². The zero-order valence-corrected chi connectivity index (χ0v) is 19.9. The Morgan fingerprint density at radius 1 is 0.844 bits per heavy atom. The molecule has 0 aliphatic heterocycles. The number of phenolic OH excluding ortho intramolecular Hbond substituents is 1. The Kier molecular flexibility index (Phi) is 15.9. The second-order valence-corrected chi connectivity index (χ2v) is 8.66. The number of carbonyl (C=O) groups is 2. The number of phenols is 1. The van der Waals surface area contributed by atoms with Crippen LogP contribution < -0.4 is 5.32 Å². The van der Waals surface area contributed by atoms with Crippen molar-refractivity contribution in [1.82, 2.24) is 5.32 Å². The highest BCUT2D eigenvalue weighted by atomic mass is 16.4. The summed E-state index contributed by atoms with van der Waals surface area (Å²) in [5.41, 5.74) is 0.762. The average molecular weight is 446 g/mol. The first-order chi connectivity index (χ1) is 15.5. The Labute approximate surface area is 194 Å². The van der Waals surface area contributed by atoms with Crippen molar-refractivity contribution in [1.29, 1.82) is 0 Å². The summed E-state index contributed by atoms with van der Waals surface area (Å²) in [6.07, 6.45) is 20.8. The number of carboxylic acid groups (broad SMARTS) is 1. The van der Waals surface area contributed by atoms with Crippen LogP contribution in [0.3, 0.4) is 0 Å². The third-order valence-electron chi connectivity index (χ3n) is 5.68. The number of carbonyl (C=O) groups excluding carboxylic acids is 1. The number of aromatic hydroxyl groups is 1. The summed E-state index contributed by atoms with van der Waals surface area (Å²) in [4.78, 5) is 23.6. The molecule has 0 fully saturated rings. The number of amides is 1. The third kappa shape index (κ3) is 14.7. The van der Waals surface area contributed by atoms with Gasteiger partial charge in [0.15, 0.2) is 0 Å². The molecule has 0 heterocycles. The van der Waals surface area contributed by atoms with Crippen LogP contribution in [-0.4, -0.2) is 28.1 Å². The van der Waals surface area contributed by atoms with Gasteiger partial charge >= 0.3 is 5.97 Å². The highest BCUT2D eigenvalue weighted by molar-refractivity contribution is 5.83. The van der Waals surface area contributed by atoms with Gasteiger partial charge in [0, 0.05) is 12.8 Å². The van der Waals surface area contributed by atoms with Crippen molar-refractivity contribution < 1.29 is 19.8 Å². The fourth-order valence-corrected chi connectivity index (χ4v) is 3.69. The van der Waals surface area contributed by atoms with E-state index in [0.29, 0.717) is 6.42 Å². The lowest BCUT2D eigenvalue weighted by Gasteiger charge is -2.14. The Hall–Kier alpha value is -2.30. The molecule has 1 atom stereocenters. The minimum absolute atomic E-state index is 0.134. The van der Waals surface area contributed by atoms with Crippen molar-refractivity contribution in [2.45, 2.75) is 109 Å². The molecule has 5 heteroatoms. The molecule has 0 aliphatic rings. The molecule has 32 heavy (non-hydrogen) atoms. The number of unbranched alkanes of at least 4 members (excludes halogenated alkanes) is 11. The summed E-state index contributed by atoms with van der Waals surface area (Å²) in [7, 11) is 0. The van der Waals surface area contributed by atoms with E-state index in [0.717, 1.165) is 24.8 Å². The third-order valence-corrected chi connectivity index (χ3v) is 5.68. The number of hydrogen-bond donors (Lipinski definition) is 3. The van der Waals surface area contributed by atoms with E-state index in [4.69, 9.17) is 0 Å². The Morgan fingerprint density at radius 3 is 1.94 bits per heavy atom. The van der Waals surface area contributed by atoms with Crippen molar-refractivity contribution >= 4 is 11.9 Å². The number of benzene rings is 1. The number of aliphatic carboxylic acids is 1. The van der Waals surface area contributed by atoms with Crippen LogP contribution in [-0.2, 0) is 16.0 Å². The summed E-state index contributed by atoms with van der Waals surface area (Å²) >= 11 is 0. The largest absolute Gasteiger partial charge is 0.508 e. The summed E-state index contributed by atoms with van der Waals surface area (Å²) in [6, 6.07) is 5.42. The van der Waals surface area contributed by atoms with Crippen molar-refractivity contribution in [3.63, 3.8) is 0 Å². The van der Waals surface area contributed by atoms with Crippen molar-refractivity contribution in [2.75, 3.05) is 0 Å². The summed E-state index contributed by atoms with van der Waals surface area (Å²) in [6.45, 7) is 2.24. The predicted octanol–water partition coefficient (Wildman–Crippen LogP) is 6.54. The fourth-order valence-electron chi connectivity index (χ4n) is 3.69. The topological polar surface area (TPSA) is 86.6 Å². The van der Waals surface area contributed by atoms with Gasteiger partial charge < -0.3 is 15.5 Å². The van der Waals surface area contributed by atoms with E-state index in [1.54, 1.807) is 12.1 Å². The quantitative estimate of drug-likeness (QED) is 0.167. The highest BCUT2D eigenvalue weighted by Gasteiger charge is 2.20. The monoisotopic (exact) mass is 445 g/mol. The number of hydrogen-bond acceptors (Lipinski definition) is 3. The standard InChI is InChI=1S/C27H43NO4/c1-2-3-4-5-6-7-8-9-10-11-12-13-14-15-16-17-26(30)28-25(27(31)32)22-23-18-20-24(29)21-19-23/h7-8,18-21,25,29H,2-6,9-17,22H2,1H3,(H,28,30)(H,31,32)/b8-7+. The molecule has 180 valence electrons. The second kappa shape index (κ2) is 18.3. The van der Waals surface area contributed by atoms with Crippen LogP contribution >= 0.6 is 0 Å². The van der Waals surface area contributed by atoms with Crippen molar-refractivity contribution in [3.8, 4) is 5.75 Å². The molecule has 0 saturated heterocycles. The lowest BCUT2D eigenvalue weighted by Crippen LogP contribution is -2.42. The predicted molar refractivity (Wildman–Crippen MR) is 131 cm³/mol. The molecule has 0 aliphatic carbocycles. The summed E-state index contributed by atoms with van der Waals surface area (Å²) in [5, 5.41) is 21.3. The van der Waals surface area contributed by atoms with Gasteiger partial charge in [-0.15, -0.1) is 0 Å². The van der Waals surface area contributed by atoms with Gasteiger partial charge in [-0.2, -0.15) is 0 Å². The molecule has 1 aromatic carbocycles. The zero-order valence-electron chi connectivity index (χ0n) is 19.9. The zero-order chi connectivity index (χ0) is 23.4. The number of carboxylic acids is 1. The molecular weight excluding hydrogens is 402 g/mol. The molecule has 0 saturated carbocycles. The van der Waals surface area contributed by atoms with E-state index in [1.165, 1.54) is 76.3 Å². The number of nitrogens with one attached hydrogen (secondary N) is 1. The SMILES string of the molecule is CCCCCC/C=C/CCCCCCCCCC(=O)NC(Cc1ccc(O)cc1)C(=O)O. The normalized spacial score (nSPS) is 12.2. The minimum Gasteiger partial charge on any atom is -0.508 e. The minimum atomic E-state index is -1.04. The van der Waals surface area contributed by atoms with Gasteiger partial charge in [0.05, 0.1) is 0 Å². The molecule has 1 aromatic rings. The van der Waals surface area contributed by atoms with E-state index in [-0.39, 0.29) is 18.1 Å². The van der Waals surface area contributed by atoms with E-state index in [2.05, 4.69) is 24.4 Å². The molecule has 1 amide bonds. The Morgan fingerprint density at radius 2 is 1.38 bits per heavy atom. The van der Waals surface area contributed by atoms with Gasteiger partial charge in [-0.25, -0.2) is 4.79 Å². The van der Waals surface area contributed by atoms with Crippen LogP contribution in [0.2, 0.25) is 0 Å². The van der Waals surface area contributed by atoms with Gasteiger partial charge in [0.2, 0.25) is 5.91 Å². The Balaban J connectivity index is 2.02. The summed E-state index contributed by atoms with van der Waals surface area (Å²) in [5.74, 6) is -1.12. The highest BCUT2D eigenvalue weighted by Crippen LogP contribution is 2.13. The first-order valence-corrected chi connectivity index (χ1v) is 12.5. The molecule has 1 rings (SSSR count). The van der Waals surface area contributed by atoms with Gasteiger partial charge in [-0.1, -0.05) is 82.6 Å². The van der Waals surface area contributed by atoms with E-state index >= 15 is 0 Å². The average Bonchev–Trinajstić information content (AvgIpc) is 2.77. The van der Waals surface area contributed by atoms with Gasteiger partial charge in [-0.05, 0) is 49.8 Å². The number of allylic oxidation sites excluding steroid dienone is 2. The van der Waals surface area contributed by atoms with E-state index in [1.807, 2.05) is 0 Å². The van der Waals surface area contributed by atoms with E-state index < -0.39 is 12.0 Å². The van der Waals surface area contributed by atoms with Crippen LogP contribution in [0.5, 0.6) is 5.75 Å². The smallest absolute Gasteiger partial charge is 0.326 e. The molecule has 0 spiro atoms. The van der Waals surface area contributed by atoms with Crippen LogP contribution in [0, 0.1) is 0 Å². The van der Waals surface area contributed by atoms with Crippen molar-refractivity contribution in [2.24, 2.45) is 0 Å². The molecule has 0 aromatic heterocycles. The first-order valence-electron chi connectivity index (χ1n) is 12.5. The van der Waals surface area contributed by atoms with Gasteiger partial charge in [-0.3, -0.25) is 4.79 Å². The summed E-state index contributed by atoms with van der Waals surface area (Å²) < 4.78 is 0. The Bertz CT molecular complexity index is 654. The maximum Gasteiger partial charge on any atom is 0.326 e. The second-order valence-electron chi connectivity index (χ2n) is 8.66. The van der Waals surface area contributed by atoms with Crippen LogP contribution in [0.15, 0.2) is 36.4 Å². The molecule has 3 N–H and O–H groups in total. The molecule has 5 nitrogen and oxygen atoms in total.